The van der Waals surface area contributed by atoms with Crippen LogP contribution in [-0.2, 0) is 0 Å². The van der Waals surface area contributed by atoms with E-state index in [9.17, 15) is 14.9 Å². The zero-order valence-electron chi connectivity index (χ0n) is 15.9. The molecule has 8 heteroatoms. The number of hydrogen-bond donors (Lipinski definition) is 1. The zero-order chi connectivity index (χ0) is 20.8. The van der Waals surface area contributed by atoms with Gasteiger partial charge in [-0.1, -0.05) is 6.07 Å². The van der Waals surface area contributed by atoms with Gasteiger partial charge in [-0.3, -0.25) is 14.9 Å². The largest absolute Gasteiger partial charge is 0.494 e. The SMILES string of the molecule is CCOc1ccc(C(=O)N/N=C/c2ccc(-c3ccc(C)cc3[N+](=O)[O-])o2)cc1. The number of hydrogen-bond acceptors (Lipinski definition) is 6. The third kappa shape index (κ3) is 4.86. The molecule has 8 nitrogen and oxygen atoms in total. The van der Waals surface area contributed by atoms with Gasteiger partial charge in [-0.15, -0.1) is 0 Å². The van der Waals surface area contributed by atoms with Crippen molar-refractivity contribution in [3.05, 3.63) is 81.6 Å². The van der Waals surface area contributed by atoms with Crippen LogP contribution in [0.15, 0.2) is 64.1 Å². The maximum absolute atomic E-state index is 12.1. The number of carbonyl (C=O) groups excluding carboxylic acids is 1. The Morgan fingerprint density at radius 2 is 1.97 bits per heavy atom. The fourth-order valence-electron chi connectivity index (χ4n) is 2.66. The van der Waals surface area contributed by atoms with E-state index in [1.165, 1.54) is 12.3 Å². The standard InChI is InChI=1S/C21H19N3O5/c1-3-28-16-7-5-15(6-8-16)21(25)23-22-13-17-9-11-20(29-17)18-10-4-14(2)12-19(18)24(26)27/h4-13H,3H2,1-2H3,(H,23,25)/b22-13+. The van der Waals surface area contributed by atoms with Crippen molar-refractivity contribution in [2.45, 2.75) is 13.8 Å². The zero-order valence-corrected chi connectivity index (χ0v) is 15.9. The molecule has 148 valence electrons. The summed E-state index contributed by atoms with van der Waals surface area (Å²) in [5.41, 5.74) is 3.96. The lowest BCUT2D eigenvalue weighted by Gasteiger charge is -2.03. The molecule has 1 heterocycles. The van der Waals surface area contributed by atoms with Gasteiger partial charge in [-0.25, -0.2) is 5.43 Å². The smallest absolute Gasteiger partial charge is 0.280 e. The lowest BCUT2D eigenvalue weighted by Crippen LogP contribution is -2.17. The number of rotatable bonds is 7. The third-order valence-electron chi connectivity index (χ3n) is 4.03. The number of furan rings is 1. The average Bonchev–Trinajstić information content (AvgIpc) is 3.17. The van der Waals surface area contributed by atoms with E-state index in [1.807, 2.05) is 6.92 Å². The molecule has 1 N–H and O–H groups in total. The van der Waals surface area contributed by atoms with E-state index in [0.29, 0.717) is 35.0 Å². The van der Waals surface area contributed by atoms with E-state index in [4.69, 9.17) is 9.15 Å². The van der Waals surface area contributed by atoms with Crippen LogP contribution in [0.2, 0.25) is 0 Å². The fraction of sp³-hybridized carbons (Fsp3) is 0.143. The van der Waals surface area contributed by atoms with Crippen LogP contribution in [0, 0.1) is 17.0 Å². The second-order valence-corrected chi connectivity index (χ2v) is 6.14. The Bertz CT molecular complexity index is 1050. The first-order chi connectivity index (χ1) is 14.0. The van der Waals surface area contributed by atoms with Gasteiger partial charge in [0.05, 0.1) is 23.3 Å². The van der Waals surface area contributed by atoms with Crippen LogP contribution < -0.4 is 10.2 Å². The molecule has 0 spiro atoms. The Hall–Kier alpha value is -3.94. The van der Waals surface area contributed by atoms with E-state index in [0.717, 1.165) is 5.56 Å². The number of carbonyl (C=O) groups is 1. The molecule has 0 aliphatic rings. The molecule has 2 aromatic carbocycles. The number of amides is 1. The van der Waals surface area contributed by atoms with Crippen molar-refractivity contribution in [3.63, 3.8) is 0 Å². The molecule has 3 rings (SSSR count). The number of nitro benzene ring substituents is 1. The second kappa shape index (κ2) is 8.83. The topological polar surface area (TPSA) is 107 Å². The molecule has 0 radical (unpaired) electrons. The summed E-state index contributed by atoms with van der Waals surface area (Å²) in [4.78, 5) is 22.9. The van der Waals surface area contributed by atoms with Gasteiger partial charge in [0.1, 0.15) is 17.3 Å². The molecule has 29 heavy (non-hydrogen) atoms. The van der Waals surface area contributed by atoms with Crippen molar-refractivity contribution in [2.24, 2.45) is 5.10 Å². The number of ether oxygens (including phenoxy) is 1. The van der Waals surface area contributed by atoms with Gasteiger partial charge in [0.2, 0.25) is 0 Å². The maximum Gasteiger partial charge on any atom is 0.280 e. The summed E-state index contributed by atoms with van der Waals surface area (Å²) >= 11 is 0. The van der Waals surface area contributed by atoms with Crippen molar-refractivity contribution in [1.29, 1.82) is 0 Å². The van der Waals surface area contributed by atoms with Crippen molar-refractivity contribution in [1.82, 2.24) is 5.43 Å². The summed E-state index contributed by atoms with van der Waals surface area (Å²) in [7, 11) is 0. The summed E-state index contributed by atoms with van der Waals surface area (Å²) in [6, 6.07) is 14.8. The quantitative estimate of drug-likeness (QED) is 0.365. The van der Waals surface area contributed by atoms with Gasteiger partial charge in [0.15, 0.2) is 0 Å². The van der Waals surface area contributed by atoms with Gasteiger partial charge < -0.3 is 9.15 Å². The molecular weight excluding hydrogens is 374 g/mol. The Morgan fingerprint density at radius 1 is 1.21 bits per heavy atom. The molecule has 1 amide bonds. The van der Waals surface area contributed by atoms with Crippen molar-refractivity contribution < 1.29 is 18.9 Å². The van der Waals surface area contributed by atoms with Gasteiger partial charge >= 0.3 is 0 Å². The maximum atomic E-state index is 12.1. The van der Waals surface area contributed by atoms with Crippen LogP contribution in [0.25, 0.3) is 11.3 Å². The van der Waals surface area contributed by atoms with Crippen LogP contribution in [0.4, 0.5) is 5.69 Å². The van der Waals surface area contributed by atoms with E-state index in [-0.39, 0.29) is 11.6 Å². The van der Waals surface area contributed by atoms with E-state index < -0.39 is 4.92 Å². The highest BCUT2D eigenvalue weighted by molar-refractivity contribution is 5.94. The summed E-state index contributed by atoms with van der Waals surface area (Å²) in [5.74, 6) is 0.990. The molecule has 1 aromatic heterocycles. The number of benzene rings is 2. The highest BCUT2D eigenvalue weighted by Crippen LogP contribution is 2.31. The third-order valence-corrected chi connectivity index (χ3v) is 4.03. The molecule has 0 aliphatic carbocycles. The first kappa shape index (κ1) is 19.8. The molecular formula is C21H19N3O5. The molecule has 0 aliphatic heterocycles. The number of nitrogens with one attached hydrogen (secondary N) is 1. The summed E-state index contributed by atoms with van der Waals surface area (Å²) in [5, 5.41) is 15.1. The van der Waals surface area contributed by atoms with Crippen LogP contribution in [-0.4, -0.2) is 23.7 Å². The van der Waals surface area contributed by atoms with Crippen molar-refractivity contribution in [2.75, 3.05) is 6.61 Å². The lowest BCUT2D eigenvalue weighted by atomic mass is 10.1. The summed E-state index contributed by atoms with van der Waals surface area (Å²) < 4.78 is 10.9. The average molecular weight is 393 g/mol. The Labute approximate surface area is 167 Å². The molecule has 3 aromatic rings. The van der Waals surface area contributed by atoms with Gasteiger partial charge in [0.25, 0.3) is 11.6 Å². The van der Waals surface area contributed by atoms with Crippen molar-refractivity contribution >= 4 is 17.8 Å². The van der Waals surface area contributed by atoms with E-state index >= 15 is 0 Å². The molecule has 0 unspecified atom stereocenters. The van der Waals surface area contributed by atoms with Crippen molar-refractivity contribution in [3.8, 4) is 17.1 Å². The predicted octanol–water partition coefficient (Wildman–Crippen LogP) is 4.33. The molecule has 0 fully saturated rings. The minimum absolute atomic E-state index is 0.0355. The van der Waals surface area contributed by atoms with E-state index in [1.54, 1.807) is 55.5 Å². The molecule has 0 saturated carbocycles. The normalized spacial score (nSPS) is 10.8. The summed E-state index contributed by atoms with van der Waals surface area (Å²) in [6.45, 7) is 4.21. The van der Waals surface area contributed by atoms with Gasteiger partial charge in [-0.2, -0.15) is 5.10 Å². The second-order valence-electron chi connectivity index (χ2n) is 6.14. The number of nitro groups is 1. The minimum atomic E-state index is -0.449. The molecule has 0 bridgehead atoms. The summed E-state index contributed by atoms with van der Waals surface area (Å²) in [6.07, 6.45) is 1.33. The van der Waals surface area contributed by atoms with E-state index in [2.05, 4.69) is 10.5 Å². The Kier molecular flexibility index (Phi) is 6.03. The van der Waals surface area contributed by atoms with Crippen LogP contribution in [0.1, 0.15) is 28.6 Å². The van der Waals surface area contributed by atoms with Gasteiger partial charge in [-0.05, 0) is 61.9 Å². The lowest BCUT2D eigenvalue weighted by molar-refractivity contribution is -0.384. The highest BCUT2D eigenvalue weighted by atomic mass is 16.6. The molecule has 0 saturated heterocycles. The fourth-order valence-corrected chi connectivity index (χ4v) is 2.66. The van der Waals surface area contributed by atoms with Gasteiger partial charge in [0, 0.05) is 11.6 Å². The molecule has 0 atom stereocenters. The Morgan fingerprint density at radius 3 is 2.66 bits per heavy atom. The monoisotopic (exact) mass is 393 g/mol. The van der Waals surface area contributed by atoms with Crippen LogP contribution >= 0.6 is 0 Å². The first-order valence-electron chi connectivity index (χ1n) is 8.89. The number of aryl methyl sites for hydroxylation is 1. The number of hydrazone groups is 1. The first-order valence-corrected chi connectivity index (χ1v) is 8.89. The Balaban J connectivity index is 1.68. The minimum Gasteiger partial charge on any atom is -0.494 e. The van der Waals surface area contributed by atoms with Crippen LogP contribution in [0.5, 0.6) is 5.75 Å². The van der Waals surface area contributed by atoms with Crippen LogP contribution in [0.3, 0.4) is 0 Å². The number of nitrogens with zero attached hydrogens (tertiary/aromatic N) is 2. The highest BCUT2D eigenvalue weighted by Gasteiger charge is 2.18. The predicted molar refractivity (Wildman–Crippen MR) is 108 cm³/mol.